The van der Waals surface area contributed by atoms with E-state index in [1.54, 1.807) is 41.2 Å². The van der Waals surface area contributed by atoms with Crippen LogP contribution in [0.2, 0.25) is 0 Å². The van der Waals surface area contributed by atoms with Crippen molar-refractivity contribution in [3.63, 3.8) is 0 Å². The molecule has 0 atom stereocenters. The third-order valence-electron chi connectivity index (χ3n) is 4.60. The normalized spacial score (nSPS) is 10.9. The molecule has 2 aromatic carbocycles. The van der Waals surface area contributed by atoms with Gasteiger partial charge < -0.3 is 5.32 Å². The van der Waals surface area contributed by atoms with Crippen molar-refractivity contribution in [1.82, 2.24) is 15.1 Å². The molecule has 0 spiro atoms. The average molecular weight is 413 g/mol. The van der Waals surface area contributed by atoms with Gasteiger partial charge in [0.25, 0.3) is 5.91 Å². The molecule has 0 radical (unpaired) electrons. The first-order valence-electron chi connectivity index (χ1n) is 9.22. The number of benzene rings is 2. The summed E-state index contributed by atoms with van der Waals surface area (Å²) in [5, 5.41) is 6.98. The second kappa shape index (κ2) is 8.91. The Bertz CT molecular complexity index is 1080. The van der Waals surface area contributed by atoms with Gasteiger partial charge in [-0.1, -0.05) is 23.8 Å². The second-order valence-corrected chi connectivity index (χ2v) is 7.79. The van der Waals surface area contributed by atoms with Crippen LogP contribution in [-0.2, 0) is 24.4 Å². The number of amides is 1. The lowest BCUT2D eigenvalue weighted by Gasteiger charge is -2.21. The van der Waals surface area contributed by atoms with Gasteiger partial charge in [0.15, 0.2) is 0 Å². The number of rotatable bonds is 7. The summed E-state index contributed by atoms with van der Waals surface area (Å²) in [5.74, 6) is -0.250. The highest BCUT2D eigenvalue weighted by Gasteiger charge is 2.17. The van der Waals surface area contributed by atoms with Gasteiger partial charge in [-0.25, -0.2) is 12.7 Å². The number of hydrogen-bond acceptors (Lipinski definition) is 4. The lowest BCUT2D eigenvalue weighted by atomic mass is 10.1. The maximum absolute atomic E-state index is 12.6. The van der Waals surface area contributed by atoms with E-state index in [9.17, 15) is 13.2 Å². The standard InChI is InChI=1S/C21H24N4O3S/c1-15-4-8-19(9-5-15)25(29(27)28)20-12-18(7-6-16(20)2)21(26)22-11-10-17-13-23-24(3)14-17/h4-9,12-14,29H,10-11H2,1-3H3,(H,22,26). The maximum atomic E-state index is 12.6. The van der Waals surface area contributed by atoms with E-state index in [-0.39, 0.29) is 5.91 Å². The lowest BCUT2D eigenvalue weighted by molar-refractivity contribution is 0.0954. The molecule has 0 aliphatic heterocycles. The fourth-order valence-electron chi connectivity index (χ4n) is 3.01. The second-order valence-electron chi connectivity index (χ2n) is 6.91. The van der Waals surface area contributed by atoms with Crippen LogP contribution in [0.3, 0.4) is 0 Å². The first kappa shape index (κ1) is 20.6. The fraction of sp³-hybridized carbons (Fsp3) is 0.238. The molecule has 1 aromatic heterocycles. The van der Waals surface area contributed by atoms with Crippen molar-refractivity contribution in [2.45, 2.75) is 20.3 Å². The number of hydrogen-bond donors (Lipinski definition) is 2. The van der Waals surface area contributed by atoms with Crippen molar-refractivity contribution in [2.75, 3.05) is 10.8 Å². The number of carbonyl (C=O) groups is 1. The SMILES string of the molecule is Cc1ccc(N(c2cc(C(=O)NCCc3cnn(C)c3)ccc2C)[SH](=O)=O)cc1. The van der Waals surface area contributed by atoms with E-state index < -0.39 is 10.9 Å². The molecule has 0 saturated heterocycles. The highest BCUT2D eigenvalue weighted by atomic mass is 32.2. The van der Waals surface area contributed by atoms with Gasteiger partial charge in [0, 0.05) is 25.4 Å². The van der Waals surface area contributed by atoms with Crippen LogP contribution in [-0.4, -0.2) is 30.7 Å². The van der Waals surface area contributed by atoms with Gasteiger partial charge in [0.05, 0.1) is 17.6 Å². The Balaban J connectivity index is 1.80. The van der Waals surface area contributed by atoms with Crippen molar-refractivity contribution < 1.29 is 13.2 Å². The number of carbonyl (C=O) groups excluding carboxylic acids is 1. The number of anilines is 2. The van der Waals surface area contributed by atoms with Crippen LogP contribution in [0.5, 0.6) is 0 Å². The Morgan fingerprint density at radius 3 is 2.48 bits per heavy atom. The largest absolute Gasteiger partial charge is 0.352 e. The molecule has 1 N–H and O–H groups in total. The Morgan fingerprint density at radius 1 is 1.14 bits per heavy atom. The number of thiol groups is 1. The van der Waals surface area contributed by atoms with E-state index >= 15 is 0 Å². The topological polar surface area (TPSA) is 84.3 Å². The monoisotopic (exact) mass is 412 g/mol. The summed E-state index contributed by atoms with van der Waals surface area (Å²) in [6.45, 7) is 4.22. The Kier molecular flexibility index (Phi) is 6.33. The van der Waals surface area contributed by atoms with E-state index in [1.165, 1.54) is 4.31 Å². The van der Waals surface area contributed by atoms with Crippen LogP contribution >= 0.6 is 0 Å². The summed E-state index contributed by atoms with van der Waals surface area (Å²) >= 11 is 0. The molecule has 7 nitrogen and oxygen atoms in total. The zero-order valence-electron chi connectivity index (χ0n) is 16.6. The summed E-state index contributed by atoms with van der Waals surface area (Å²) in [5.41, 5.74) is 4.23. The molecule has 3 rings (SSSR count). The molecule has 0 fully saturated rings. The zero-order chi connectivity index (χ0) is 21.0. The third kappa shape index (κ3) is 5.03. The predicted octanol–water partition coefficient (Wildman–Crippen LogP) is 2.67. The molecule has 1 heterocycles. The van der Waals surface area contributed by atoms with Crippen LogP contribution in [0, 0.1) is 13.8 Å². The van der Waals surface area contributed by atoms with Gasteiger partial charge in [-0.05, 0) is 55.7 Å². The number of nitrogens with zero attached hydrogens (tertiary/aromatic N) is 3. The van der Waals surface area contributed by atoms with Crippen LogP contribution in [0.15, 0.2) is 54.9 Å². The molecule has 0 bridgehead atoms. The van der Waals surface area contributed by atoms with Crippen LogP contribution in [0.1, 0.15) is 27.0 Å². The Labute approximate surface area is 172 Å². The minimum atomic E-state index is -2.92. The van der Waals surface area contributed by atoms with Gasteiger partial charge in [-0.3, -0.25) is 9.48 Å². The molecule has 152 valence electrons. The molecule has 0 unspecified atom stereocenters. The molecule has 1 amide bonds. The summed E-state index contributed by atoms with van der Waals surface area (Å²) in [6, 6.07) is 12.3. The minimum Gasteiger partial charge on any atom is -0.352 e. The Hall–Kier alpha value is -3.13. The lowest BCUT2D eigenvalue weighted by Crippen LogP contribution is -2.26. The number of aromatic nitrogens is 2. The minimum absolute atomic E-state index is 0.250. The zero-order valence-corrected chi connectivity index (χ0v) is 17.5. The molecular formula is C21H24N4O3S. The van der Waals surface area contributed by atoms with E-state index in [0.717, 1.165) is 16.7 Å². The molecule has 0 aliphatic rings. The molecule has 0 aliphatic carbocycles. The predicted molar refractivity (Wildman–Crippen MR) is 114 cm³/mol. The third-order valence-corrected chi connectivity index (χ3v) is 5.37. The molecular weight excluding hydrogens is 388 g/mol. The van der Waals surface area contributed by atoms with Crippen molar-refractivity contribution in [3.8, 4) is 0 Å². The van der Waals surface area contributed by atoms with Crippen molar-refractivity contribution in [2.24, 2.45) is 7.05 Å². The van der Waals surface area contributed by atoms with E-state index in [2.05, 4.69) is 10.4 Å². The summed E-state index contributed by atoms with van der Waals surface area (Å²) < 4.78 is 27.0. The van der Waals surface area contributed by atoms with Crippen LogP contribution in [0.4, 0.5) is 11.4 Å². The number of nitrogens with one attached hydrogen (secondary N) is 1. The molecule has 3 aromatic rings. The van der Waals surface area contributed by atoms with E-state index in [0.29, 0.717) is 29.9 Å². The van der Waals surface area contributed by atoms with Gasteiger partial charge in [-0.2, -0.15) is 5.10 Å². The summed E-state index contributed by atoms with van der Waals surface area (Å²) in [4.78, 5) is 12.6. The summed E-state index contributed by atoms with van der Waals surface area (Å²) in [7, 11) is -1.08. The Morgan fingerprint density at radius 2 is 1.86 bits per heavy atom. The van der Waals surface area contributed by atoms with Gasteiger partial charge in [-0.15, -0.1) is 0 Å². The first-order valence-corrected chi connectivity index (χ1v) is 10.4. The molecule has 8 heteroatoms. The number of aryl methyl sites for hydroxylation is 3. The first-order chi connectivity index (χ1) is 13.8. The van der Waals surface area contributed by atoms with E-state index in [4.69, 9.17) is 0 Å². The van der Waals surface area contributed by atoms with Crippen molar-refractivity contribution in [3.05, 3.63) is 77.1 Å². The fourth-order valence-corrected chi connectivity index (χ4v) is 3.72. The molecule has 0 saturated carbocycles. The highest BCUT2D eigenvalue weighted by molar-refractivity contribution is 7.74. The van der Waals surface area contributed by atoms with Crippen LogP contribution in [0.25, 0.3) is 0 Å². The van der Waals surface area contributed by atoms with Crippen molar-refractivity contribution >= 4 is 28.2 Å². The van der Waals surface area contributed by atoms with Gasteiger partial charge in [0.1, 0.15) is 0 Å². The average Bonchev–Trinajstić information content (AvgIpc) is 3.09. The van der Waals surface area contributed by atoms with Gasteiger partial charge in [0.2, 0.25) is 10.9 Å². The highest BCUT2D eigenvalue weighted by Crippen LogP contribution is 2.29. The van der Waals surface area contributed by atoms with Crippen molar-refractivity contribution in [1.29, 1.82) is 0 Å². The van der Waals surface area contributed by atoms with E-state index in [1.807, 2.05) is 39.2 Å². The quantitative estimate of drug-likeness (QED) is 0.585. The maximum Gasteiger partial charge on any atom is 0.251 e. The summed E-state index contributed by atoms with van der Waals surface area (Å²) in [6.07, 6.45) is 4.33. The molecule has 29 heavy (non-hydrogen) atoms. The smallest absolute Gasteiger partial charge is 0.251 e. The van der Waals surface area contributed by atoms with Crippen LogP contribution < -0.4 is 9.62 Å². The van der Waals surface area contributed by atoms with Gasteiger partial charge >= 0.3 is 0 Å².